The van der Waals surface area contributed by atoms with E-state index >= 15 is 0 Å². The minimum atomic E-state index is -5.81. The van der Waals surface area contributed by atoms with E-state index in [0.29, 0.717) is 0 Å². The van der Waals surface area contributed by atoms with Gasteiger partial charge in [0, 0.05) is 0 Å². The van der Waals surface area contributed by atoms with E-state index in [1.165, 1.54) is 105 Å². The fraction of sp³-hybridized carbons (Fsp3) is 1.00. The molecule has 0 aromatic carbocycles. The summed E-state index contributed by atoms with van der Waals surface area (Å²) in [5.41, 5.74) is 0. The summed E-state index contributed by atoms with van der Waals surface area (Å²) in [6.45, 7) is 19.8. The van der Waals surface area contributed by atoms with Gasteiger partial charge in [-0.1, -0.05) is 0 Å². The molecule has 6 aliphatic rings. The van der Waals surface area contributed by atoms with Crippen LogP contribution in [0.2, 0.25) is 105 Å². The van der Waals surface area contributed by atoms with Gasteiger partial charge in [0.15, 0.2) is 0 Å². The van der Waals surface area contributed by atoms with Crippen molar-refractivity contribution < 1.29 is 121 Å². The Bertz CT molecular complexity index is 1180. The second-order valence-electron chi connectivity index (χ2n) is 17.6. The van der Waals surface area contributed by atoms with Crippen molar-refractivity contribution in [1.29, 1.82) is 0 Å². The zero-order valence-electron chi connectivity index (χ0n) is 35.7. The van der Waals surface area contributed by atoms with Gasteiger partial charge in [-0.05, 0) is 105 Å². The van der Waals surface area contributed by atoms with Gasteiger partial charge in [-0.25, -0.2) is 0 Å². The lowest BCUT2D eigenvalue weighted by molar-refractivity contribution is -0.133. The molecule has 352 valence electrons. The standard InChI is InChI=1S/C16H56O28Si16/c1-45(2,17)25-53-33-54(26-46(3,4)18)36-57(29-49(9,10)21)38-55(34-53,27-47(5,6)19)40-59(31-51(13,14)23)41-56(35-53,28-48(7,8)20)39-58(37-54,30-50(11,12)22)43-60(42-57,44-59)32-52(15,16)24/h17-24H,1-16H3. The highest BCUT2D eigenvalue weighted by Gasteiger charge is 2.93. The van der Waals surface area contributed by atoms with Crippen LogP contribution in [0.1, 0.15) is 0 Å². The molecule has 28 nitrogen and oxygen atoms in total. The second kappa shape index (κ2) is 16.0. The SMILES string of the molecule is C[Si](C)(O)O[Si]12O[Si]3(O[Si](C)(C)O)O[Si]4(O[Si](C)(C)O)O[Si](O[Si](C)(C)O)(O1)O[Si]1(O[Si](C)(C)O)O[Si](O[Si](C)(C)O)(O2)O[Si](O[Si](C)(C)O)(O3)O[Si](O[Si](C)(C)O)(O4)O1. The predicted molar refractivity (Wildman–Crippen MR) is 225 cm³/mol. The van der Waals surface area contributed by atoms with Gasteiger partial charge in [-0.15, -0.1) is 0 Å². The summed E-state index contributed by atoms with van der Waals surface area (Å²) in [4.78, 5) is 92.2. The van der Waals surface area contributed by atoms with Crippen LogP contribution >= 0.6 is 0 Å². The van der Waals surface area contributed by atoms with Crippen molar-refractivity contribution >= 4 is 141 Å². The lowest BCUT2D eigenvalue weighted by Gasteiger charge is -2.60. The molecule has 0 amide bonds. The van der Waals surface area contributed by atoms with Crippen LogP contribution in [0.25, 0.3) is 0 Å². The van der Waals surface area contributed by atoms with E-state index in [1.54, 1.807) is 0 Å². The van der Waals surface area contributed by atoms with E-state index in [4.69, 9.17) is 82.3 Å². The zero-order chi connectivity index (χ0) is 46.1. The lowest BCUT2D eigenvalue weighted by atomic mass is 11.9. The van der Waals surface area contributed by atoms with E-state index in [1.807, 2.05) is 0 Å². The van der Waals surface area contributed by atoms with Gasteiger partial charge in [0.25, 0.3) is 0 Å². The van der Waals surface area contributed by atoms with Crippen LogP contribution in [0.5, 0.6) is 0 Å². The third-order valence-corrected chi connectivity index (χ3v) is 54.0. The minimum absolute atomic E-state index is 1.24. The Balaban J connectivity index is 2.08. The molecule has 0 saturated carbocycles. The van der Waals surface area contributed by atoms with Crippen molar-refractivity contribution in [3.63, 3.8) is 0 Å². The molecule has 0 aromatic rings. The molecular weight excluding hydrogens is 1090 g/mol. The second-order valence-corrected chi connectivity index (χ2v) is 65.1. The molecule has 0 unspecified atom stereocenters. The summed E-state index contributed by atoms with van der Waals surface area (Å²) < 4.78 is 129. The zero-order valence-corrected chi connectivity index (χ0v) is 51.7. The summed E-state index contributed by atoms with van der Waals surface area (Å²) in [5, 5.41) is 0. The first kappa shape index (κ1) is 53.3. The van der Waals surface area contributed by atoms with Gasteiger partial charge in [-0.2, -0.15) is 0 Å². The summed E-state index contributed by atoms with van der Waals surface area (Å²) >= 11 is 0. The van der Waals surface area contributed by atoms with Crippen molar-refractivity contribution in [1.82, 2.24) is 0 Å². The predicted octanol–water partition coefficient (Wildman–Crippen LogP) is -2.58. The monoisotopic (exact) mass is 1140 g/mol. The topological polar surface area (TPSA) is 346 Å². The van der Waals surface area contributed by atoms with Crippen molar-refractivity contribution in [2.24, 2.45) is 0 Å². The summed E-state index contributed by atoms with van der Waals surface area (Å²) in [5.74, 6) is 0. The van der Waals surface area contributed by atoms with Gasteiger partial charge in [0.1, 0.15) is 0 Å². The quantitative estimate of drug-likeness (QED) is 0.0736. The fourth-order valence-electron chi connectivity index (χ4n) is 5.28. The average molecular weight is 1150 g/mol. The average Bonchev–Trinajstić information content (AvgIpc) is 2.73. The molecule has 6 rings (SSSR count). The molecule has 60 heavy (non-hydrogen) atoms. The van der Waals surface area contributed by atoms with Crippen LogP contribution in [-0.4, -0.2) is 179 Å². The number of hydrogen-bond acceptors (Lipinski definition) is 28. The van der Waals surface area contributed by atoms with E-state index < -0.39 is 141 Å². The molecule has 6 aliphatic heterocycles. The van der Waals surface area contributed by atoms with Gasteiger partial charge in [-0.3, -0.25) is 0 Å². The van der Waals surface area contributed by atoms with E-state index in [2.05, 4.69) is 0 Å². The maximum absolute atomic E-state index is 11.5. The van der Waals surface area contributed by atoms with Gasteiger partial charge < -0.3 is 121 Å². The normalized spacial score (nSPS) is 39.6. The van der Waals surface area contributed by atoms with Crippen molar-refractivity contribution in [3.05, 3.63) is 0 Å². The molecule has 0 atom stereocenters. The largest absolute Gasteiger partial charge is 0.653 e. The highest BCUT2D eigenvalue weighted by molar-refractivity contribution is 7.03. The Hall–Kier alpha value is 2.35. The third-order valence-electron chi connectivity index (χ3n) is 6.00. The van der Waals surface area contributed by atoms with Crippen LogP contribution in [-0.2, 0) is 82.3 Å². The summed E-state index contributed by atoms with van der Waals surface area (Å²) in [6, 6.07) is 0. The molecule has 6 fully saturated rings. The molecule has 0 aliphatic carbocycles. The summed E-state index contributed by atoms with van der Waals surface area (Å²) in [7, 11) is -79.8. The number of hydrogen-bond donors (Lipinski definition) is 8. The first-order valence-corrected chi connectivity index (χ1v) is 53.9. The Morgan fingerprint density at radius 2 is 0.267 bits per heavy atom. The fourth-order valence-corrected chi connectivity index (χ4v) is 65.6. The van der Waals surface area contributed by atoms with E-state index in [0.717, 1.165) is 0 Å². The lowest BCUT2D eigenvalue weighted by Crippen LogP contribution is -2.93. The first-order chi connectivity index (χ1) is 26.1. The van der Waals surface area contributed by atoms with Gasteiger partial charge in [0.2, 0.25) is 0 Å². The van der Waals surface area contributed by atoms with Gasteiger partial charge in [0.05, 0.1) is 0 Å². The van der Waals surface area contributed by atoms with Crippen LogP contribution in [0.3, 0.4) is 0 Å². The van der Waals surface area contributed by atoms with Crippen molar-refractivity contribution in [2.75, 3.05) is 0 Å². The Morgan fingerprint density at radius 1 is 0.200 bits per heavy atom. The van der Waals surface area contributed by atoms with Gasteiger partial charge >= 0.3 is 141 Å². The smallest absolute Gasteiger partial charge is 0.411 e. The highest BCUT2D eigenvalue weighted by Crippen LogP contribution is 2.52. The van der Waals surface area contributed by atoms with Crippen LogP contribution in [0.4, 0.5) is 0 Å². The third kappa shape index (κ3) is 14.2. The minimum Gasteiger partial charge on any atom is -0.411 e. The molecular formula is C16H56O28Si16. The molecule has 8 bridgehead atoms. The van der Waals surface area contributed by atoms with E-state index in [9.17, 15) is 38.4 Å². The molecule has 6 heterocycles. The molecule has 0 radical (unpaired) electrons. The van der Waals surface area contributed by atoms with Crippen molar-refractivity contribution in [3.8, 4) is 0 Å². The molecule has 44 heteroatoms. The van der Waals surface area contributed by atoms with Crippen LogP contribution < -0.4 is 0 Å². The molecule has 0 aromatic heterocycles. The Labute approximate surface area is 364 Å². The first-order valence-electron chi connectivity index (χ1n) is 18.0. The Kier molecular flexibility index (Phi) is 14.2. The number of rotatable bonds is 16. The maximum Gasteiger partial charge on any atom is 0.653 e. The van der Waals surface area contributed by atoms with E-state index in [-0.39, 0.29) is 0 Å². The van der Waals surface area contributed by atoms with Crippen LogP contribution in [0, 0.1) is 0 Å². The highest BCUT2D eigenvalue weighted by atomic mass is 28.7. The molecule has 8 N–H and O–H groups in total. The molecule has 6 saturated heterocycles. The van der Waals surface area contributed by atoms with Crippen LogP contribution in [0.15, 0.2) is 0 Å². The van der Waals surface area contributed by atoms with Crippen molar-refractivity contribution in [2.45, 2.75) is 105 Å². The maximum atomic E-state index is 11.5. The summed E-state index contributed by atoms with van der Waals surface area (Å²) in [6.07, 6.45) is 0. The Morgan fingerprint density at radius 3 is 0.317 bits per heavy atom. The molecule has 0 spiro atoms.